The summed E-state index contributed by atoms with van der Waals surface area (Å²) in [4.78, 5) is 17.0. The predicted molar refractivity (Wildman–Crippen MR) is 96.6 cm³/mol. The van der Waals surface area contributed by atoms with E-state index in [1.165, 1.54) is 12.1 Å². The molecule has 2 aromatic carbocycles. The highest BCUT2D eigenvalue weighted by Crippen LogP contribution is 2.27. The maximum atomic E-state index is 12.5. The number of nitrogens with one attached hydrogen (secondary N) is 1. The van der Waals surface area contributed by atoms with Crippen LogP contribution in [0.5, 0.6) is 5.75 Å². The van der Waals surface area contributed by atoms with Crippen LogP contribution in [0, 0.1) is 13.8 Å². The number of benzene rings is 2. The Hall–Kier alpha value is -3.02. The number of pyridine rings is 1. The molecule has 0 saturated carbocycles. The molecule has 0 aliphatic heterocycles. The van der Waals surface area contributed by atoms with Crippen molar-refractivity contribution < 1.29 is 18.3 Å². The van der Waals surface area contributed by atoms with Crippen LogP contribution in [0.3, 0.4) is 0 Å². The van der Waals surface area contributed by atoms with E-state index in [9.17, 15) is 13.6 Å². The molecule has 0 atom stereocenters. The molecule has 4 nitrogen and oxygen atoms in total. The number of ether oxygens (including phenoxy) is 1. The first-order valence-corrected chi connectivity index (χ1v) is 8.14. The summed E-state index contributed by atoms with van der Waals surface area (Å²) in [7, 11) is 0. The van der Waals surface area contributed by atoms with Gasteiger partial charge in [0, 0.05) is 11.1 Å². The Morgan fingerprint density at radius 1 is 1.12 bits per heavy atom. The van der Waals surface area contributed by atoms with Gasteiger partial charge >= 0.3 is 6.61 Å². The van der Waals surface area contributed by atoms with Crippen LogP contribution < -0.4 is 10.1 Å². The monoisotopic (exact) mass is 356 g/mol. The number of carbonyl (C=O) groups is 1. The zero-order chi connectivity index (χ0) is 18.7. The molecular weight excluding hydrogens is 338 g/mol. The van der Waals surface area contributed by atoms with E-state index in [2.05, 4.69) is 15.0 Å². The molecule has 0 fully saturated rings. The molecule has 0 aliphatic carbocycles. The third kappa shape index (κ3) is 3.79. The Morgan fingerprint density at radius 2 is 1.81 bits per heavy atom. The fraction of sp³-hybridized carbons (Fsp3) is 0.200. The summed E-state index contributed by atoms with van der Waals surface area (Å²) in [6.45, 7) is 0.853. The van der Waals surface area contributed by atoms with Crippen LogP contribution in [0.25, 0.3) is 10.9 Å². The highest BCUT2D eigenvalue weighted by molar-refractivity contribution is 5.95. The van der Waals surface area contributed by atoms with E-state index in [0.717, 1.165) is 27.7 Å². The van der Waals surface area contributed by atoms with Gasteiger partial charge in [-0.2, -0.15) is 8.78 Å². The van der Waals surface area contributed by atoms with Gasteiger partial charge in [0.15, 0.2) is 0 Å². The summed E-state index contributed by atoms with van der Waals surface area (Å²) in [6.07, 6.45) is 0.0957. The van der Waals surface area contributed by atoms with Crippen molar-refractivity contribution in [3.63, 3.8) is 0 Å². The minimum atomic E-state index is -2.96. The fourth-order valence-corrected chi connectivity index (χ4v) is 2.95. The van der Waals surface area contributed by atoms with Crippen molar-refractivity contribution in [2.45, 2.75) is 26.9 Å². The van der Waals surface area contributed by atoms with Crippen molar-refractivity contribution in [3.8, 4) is 5.75 Å². The number of fused-ring (bicyclic) bond motifs is 1. The number of rotatable bonds is 5. The van der Waals surface area contributed by atoms with Crippen molar-refractivity contribution in [1.82, 2.24) is 4.98 Å². The van der Waals surface area contributed by atoms with Crippen molar-refractivity contribution in [2.75, 3.05) is 5.32 Å². The number of halogens is 2. The minimum absolute atomic E-state index is 0.0686. The SMILES string of the molecule is Cc1nc2ccccc2c(C)c1CC(=O)Nc1ccccc1OC(F)F. The third-order valence-corrected chi connectivity index (χ3v) is 4.20. The van der Waals surface area contributed by atoms with Gasteiger partial charge in [-0.3, -0.25) is 9.78 Å². The largest absolute Gasteiger partial charge is 0.433 e. The number of aromatic nitrogens is 1. The van der Waals surface area contributed by atoms with Crippen LogP contribution in [-0.2, 0) is 11.2 Å². The topological polar surface area (TPSA) is 51.2 Å². The standard InChI is InChI=1S/C20H18F2N2O2/c1-12-14-7-3-4-8-16(14)23-13(2)15(12)11-19(25)24-17-9-5-6-10-18(17)26-20(21)22/h3-10,20H,11H2,1-2H3,(H,24,25). The van der Waals surface area contributed by atoms with E-state index in [1.807, 2.05) is 38.1 Å². The molecule has 0 unspecified atom stereocenters. The number of hydrogen-bond donors (Lipinski definition) is 1. The molecule has 6 heteroatoms. The summed E-state index contributed by atoms with van der Waals surface area (Å²) in [5.41, 5.74) is 3.67. The molecule has 3 rings (SSSR count). The number of alkyl halides is 2. The minimum Gasteiger partial charge on any atom is -0.433 e. The lowest BCUT2D eigenvalue weighted by Crippen LogP contribution is -2.17. The second-order valence-corrected chi connectivity index (χ2v) is 5.92. The van der Waals surface area contributed by atoms with Gasteiger partial charge in [0.1, 0.15) is 5.75 Å². The van der Waals surface area contributed by atoms with E-state index >= 15 is 0 Å². The normalized spacial score (nSPS) is 11.0. The molecule has 3 aromatic rings. The predicted octanol–water partition coefficient (Wildman–Crippen LogP) is 4.63. The van der Waals surface area contributed by atoms with Crippen LogP contribution >= 0.6 is 0 Å². The third-order valence-electron chi connectivity index (χ3n) is 4.20. The lowest BCUT2D eigenvalue weighted by molar-refractivity contribution is -0.115. The number of nitrogens with zero attached hydrogens (tertiary/aromatic N) is 1. The number of aryl methyl sites for hydroxylation is 2. The first kappa shape index (κ1) is 17.8. The zero-order valence-corrected chi connectivity index (χ0v) is 14.4. The fourth-order valence-electron chi connectivity index (χ4n) is 2.95. The number of hydrogen-bond acceptors (Lipinski definition) is 3. The molecule has 0 bridgehead atoms. The van der Waals surface area contributed by atoms with Gasteiger partial charge in [-0.05, 0) is 43.2 Å². The van der Waals surface area contributed by atoms with Crippen molar-refractivity contribution in [1.29, 1.82) is 0 Å². The molecule has 1 amide bonds. The van der Waals surface area contributed by atoms with Crippen LogP contribution in [-0.4, -0.2) is 17.5 Å². The van der Waals surface area contributed by atoms with E-state index in [1.54, 1.807) is 12.1 Å². The van der Waals surface area contributed by atoms with Crippen molar-refractivity contribution in [3.05, 3.63) is 65.4 Å². The summed E-state index contributed by atoms with van der Waals surface area (Å²) >= 11 is 0. The van der Waals surface area contributed by atoms with Crippen LogP contribution in [0.1, 0.15) is 16.8 Å². The number of para-hydroxylation sites is 3. The molecule has 1 heterocycles. The van der Waals surface area contributed by atoms with E-state index in [4.69, 9.17) is 0 Å². The number of carbonyl (C=O) groups excluding carboxylic acids is 1. The van der Waals surface area contributed by atoms with Gasteiger partial charge in [-0.15, -0.1) is 0 Å². The molecule has 134 valence electrons. The lowest BCUT2D eigenvalue weighted by atomic mass is 9.99. The molecule has 1 N–H and O–H groups in total. The highest BCUT2D eigenvalue weighted by atomic mass is 19.3. The summed E-state index contributed by atoms with van der Waals surface area (Å²) in [5, 5.41) is 3.63. The van der Waals surface area contributed by atoms with Crippen molar-refractivity contribution >= 4 is 22.5 Å². The van der Waals surface area contributed by atoms with E-state index < -0.39 is 6.61 Å². The molecule has 0 radical (unpaired) electrons. The lowest BCUT2D eigenvalue weighted by Gasteiger charge is -2.14. The second-order valence-electron chi connectivity index (χ2n) is 5.92. The first-order chi connectivity index (χ1) is 12.5. The smallest absolute Gasteiger partial charge is 0.387 e. The zero-order valence-electron chi connectivity index (χ0n) is 14.4. The first-order valence-electron chi connectivity index (χ1n) is 8.14. The second kappa shape index (κ2) is 7.47. The van der Waals surface area contributed by atoms with Gasteiger partial charge in [0.2, 0.25) is 5.91 Å². The molecule has 26 heavy (non-hydrogen) atoms. The molecule has 1 aromatic heterocycles. The summed E-state index contributed by atoms with van der Waals surface area (Å²) in [5.74, 6) is -0.389. The molecule has 0 saturated heterocycles. The maximum absolute atomic E-state index is 12.5. The van der Waals surface area contributed by atoms with Crippen LogP contribution in [0.2, 0.25) is 0 Å². The Labute approximate surface area is 149 Å². The molecule has 0 aliphatic rings. The van der Waals surface area contributed by atoms with E-state index in [0.29, 0.717) is 0 Å². The Balaban J connectivity index is 1.84. The van der Waals surface area contributed by atoms with Crippen LogP contribution in [0.4, 0.5) is 14.5 Å². The summed E-state index contributed by atoms with van der Waals surface area (Å²) < 4.78 is 29.4. The average Bonchev–Trinajstić information content (AvgIpc) is 2.60. The Kier molecular flexibility index (Phi) is 5.11. The van der Waals surface area contributed by atoms with E-state index in [-0.39, 0.29) is 23.8 Å². The number of amides is 1. The van der Waals surface area contributed by atoms with Crippen molar-refractivity contribution in [2.24, 2.45) is 0 Å². The number of anilines is 1. The van der Waals surface area contributed by atoms with Gasteiger partial charge in [0.05, 0.1) is 17.6 Å². The molecular formula is C20H18F2N2O2. The average molecular weight is 356 g/mol. The maximum Gasteiger partial charge on any atom is 0.387 e. The highest BCUT2D eigenvalue weighted by Gasteiger charge is 2.15. The molecule has 0 spiro atoms. The summed E-state index contributed by atoms with van der Waals surface area (Å²) in [6, 6.07) is 13.8. The Bertz CT molecular complexity index is 958. The van der Waals surface area contributed by atoms with Gasteiger partial charge < -0.3 is 10.1 Å². The van der Waals surface area contributed by atoms with Gasteiger partial charge in [0.25, 0.3) is 0 Å². The van der Waals surface area contributed by atoms with Gasteiger partial charge in [-0.1, -0.05) is 30.3 Å². The van der Waals surface area contributed by atoms with Gasteiger partial charge in [-0.25, -0.2) is 0 Å². The quantitative estimate of drug-likeness (QED) is 0.725. The van der Waals surface area contributed by atoms with Crippen LogP contribution in [0.15, 0.2) is 48.5 Å². The Morgan fingerprint density at radius 3 is 2.58 bits per heavy atom.